The molecule has 5 heteroatoms. The molecule has 0 saturated carbocycles. The number of H-pyrrole nitrogens is 1. The Morgan fingerprint density at radius 2 is 2.30 bits per heavy atom. The summed E-state index contributed by atoms with van der Waals surface area (Å²) in [6.07, 6.45) is 4.44. The monoisotopic (exact) mass is 273 g/mol. The number of hydrogen-bond donors (Lipinski definition) is 1. The van der Waals surface area contributed by atoms with Gasteiger partial charge in [-0.25, -0.2) is 0 Å². The zero-order chi connectivity index (χ0) is 14.4. The Balaban J connectivity index is 2.04. The molecule has 0 atom stereocenters. The normalized spacial score (nSPS) is 10.3. The Hall–Kier alpha value is -2.30. The number of amides is 1. The lowest BCUT2D eigenvalue weighted by Gasteiger charge is -2.16. The third-order valence-electron chi connectivity index (χ3n) is 2.88. The van der Waals surface area contributed by atoms with Crippen molar-refractivity contribution in [3.63, 3.8) is 0 Å². The minimum absolute atomic E-state index is 0.0341. The summed E-state index contributed by atoms with van der Waals surface area (Å²) in [5.41, 5.74) is 1.60. The lowest BCUT2D eigenvalue weighted by Crippen LogP contribution is -2.26. The summed E-state index contributed by atoms with van der Waals surface area (Å²) >= 11 is 0. The summed E-state index contributed by atoms with van der Waals surface area (Å²) in [5.74, 6) is 0.697. The van der Waals surface area contributed by atoms with Crippen LogP contribution in [0.25, 0.3) is 0 Å². The van der Waals surface area contributed by atoms with Gasteiger partial charge in [0.25, 0.3) is 5.91 Å². The van der Waals surface area contributed by atoms with Crippen LogP contribution in [0.1, 0.15) is 29.3 Å². The molecule has 1 heterocycles. The van der Waals surface area contributed by atoms with Crippen LogP contribution in [0.4, 0.5) is 0 Å². The van der Waals surface area contributed by atoms with Crippen LogP contribution < -0.4 is 4.74 Å². The summed E-state index contributed by atoms with van der Waals surface area (Å²) in [4.78, 5) is 14.0. The first-order valence-electron chi connectivity index (χ1n) is 6.66. The fourth-order valence-corrected chi connectivity index (χ4v) is 1.87. The lowest BCUT2D eigenvalue weighted by molar-refractivity contribution is 0.0784. The van der Waals surface area contributed by atoms with Crippen LogP contribution >= 0.6 is 0 Å². The van der Waals surface area contributed by atoms with Crippen molar-refractivity contribution in [3.05, 3.63) is 47.8 Å². The SMILES string of the molecule is CCCOc1cccc(C(=O)N(C)Cc2cn[nH]c2)c1. The van der Waals surface area contributed by atoms with Crippen molar-refractivity contribution in [3.8, 4) is 5.75 Å². The number of nitrogens with one attached hydrogen (secondary N) is 1. The van der Waals surface area contributed by atoms with Gasteiger partial charge < -0.3 is 9.64 Å². The van der Waals surface area contributed by atoms with Crippen LogP contribution in [0.15, 0.2) is 36.7 Å². The van der Waals surface area contributed by atoms with E-state index in [2.05, 4.69) is 10.2 Å². The van der Waals surface area contributed by atoms with E-state index in [1.807, 2.05) is 19.1 Å². The van der Waals surface area contributed by atoms with Crippen LogP contribution in [0.3, 0.4) is 0 Å². The topological polar surface area (TPSA) is 58.2 Å². The first kappa shape index (κ1) is 14.1. The van der Waals surface area contributed by atoms with Gasteiger partial charge in [0.05, 0.1) is 12.8 Å². The molecule has 5 nitrogen and oxygen atoms in total. The van der Waals surface area contributed by atoms with E-state index in [1.54, 1.807) is 36.5 Å². The maximum atomic E-state index is 12.3. The fraction of sp³-hybridized carbons (Fsp3) is 0.333. The van der Waals surface area contributed by atoms with Gasteiger partial charge in [0.15, 0.2) is 0 Å². The standard InChI is InChI=1S/C15H19N3O2/c1-3-7-20-14-6-4-5-13(8-14)15(19)18(2)11-12-9-16-17-10-12/h4-6,8-10H,3,7,11H2,1-2H3,(H,16,17). The summed E-state index contributed by atoms with van der Waals surface area (Å²) in [6, 6.07) is 7.28. The van der Waals surface area contributed by atoms with E-state index in [-0.39, 0.29) is 5.91 Å². The van der Waals surface area contributed by atoms with Crippen molar-refractivity contribution in [2.45, 2.75) is 19.9 Å². The van der Waals surface area contributed by atoms with Gasteiger partial charge in [-0.3, -0.25) is 9.89 Å². The van der Waals surface area contributed by atoms with Gasteiger partial charge in [0.2, 0.25) is 0 Å². The maximum Gasteiger partial charge on any atom is 0.254 e. The average molecular weight is 273 g/mol. The highest BCUT2D eigenvalue weighted by molar-refractivity contribution is 5.94. The molecule has 1 aromatic heterocycles. The number of ether oxygens (including phenoxy) is 1. The van der Waals surface area contributed by atoms with Crippen LogP contribution in [-0.2, 0) is 6.54 Å². The molecule has 20 heavy (non-hydrogen) atoms. The van der Waals surface area contributed by atoms with Crippen molar-refractivity contribution in [2.75, 3.05) is 13.7 Å². The van der Waals surface area contributed by atoms with Crippen LogP contribution in [0.5, 0.6) is 5.75 Å². The van der Waals surface area contributed by atoms with E-state index in [1.165, 1.54) is 0 Å². The Morgan fingerprint density at radius 3 is 3.00 bits per heavy atom. The van der Waals surface area contributed by atoms with Gasteiger partial charge in [0, 0.05) is 30.9 Å². The third-order valence-corrected chi connectivity index (χ3v) is 2.88. The Bertz CT molecular complexity index is 552. The molecule has 0 radical (unpaired) electrons. The Kier molecular flexibility index (Phi) is 4.76. The number of carbonyl (C=O) groups excluding carboxylic acids is 1. The molecule has 0 unspecified atom stereocenters. The number of aromatic nitrogens is 2. The average Bonchev–Trinajstić information content (AvgIpc) is 2.97. The van der Waals surface area contributed by atoms with E-state index >= 15 is 0 Å². The molecule has 0 saturated heterocycles. The number of aromatic amines is 1. The minimum atomic E-state index is -0.0341. The number of hydrogen-bond acceptors (Lipinski definition) is 3. The molecule has 0 fully saturated rings. The highest BCUT2D eigenvalue weighted by Crippen LogP contribution is 2.15. The van der Waals surface area contributed by atoms with Gasteiger partial charge in [-0.15, -0.1) is 0 Å². The number of rotatable bonds is 6. The highest BCUT2D eigenvalue weighted by Gasteiger charge is 2.13. The number of carbonyl (C=O) groups is 1. The first-order chi connectivity index (χ1) is 9.70. The maximum absolute atomic E-state index is 12.3. The predicted molar refractivity (Wildman–Crippen MR) is 76.6 cm³/mol. The van der Waals surface area contributed by atoms with Crippen molar-refractivity contribution in [2.24, 2.45) is 0 Å². The molecule has 2 aromatic rings. The second kappa shape index (κ2) is 6.75. The largest absolute Gasteiger partial charge is 0.494 e. The molecule has 1 amide bonds. The molecule has 0 bridgehead atoms. The molecule has 1 N–H and O–H groups in total. The molecule has 2 rings (SSSR count). The van der Waals surface area contributed by atoms with Gasteiger partial charge >= 0.3 is 0 Å². The molecular weight excluding hydrogens is 254 g/mol. The van der Waals surface area contributed by atoms with E-state index in [9.17, 15) is 4.79 Å². The minimum Gasteiger partial charge on any atom is -0.494 e. The van der Waals surface area contributed by atoms with Gasteiger partial charge in [0.1, 0.15) is 5.75 Å². The summed E-state index contributed by atoms with van der Waals surface area (Å²) in [6.45, 7) is 3.23. The van der Waals surface area contributed by atoms with Crippen LogP contribution in [0.2, 0.25) is 0 Å². The number of nitrogens with zero attached hydrogens (tertiary/aromatic N) is 2. The van der Waals surface area contributed by atoms with Gasteiger partial charge in [-0.05, 0) is 24.6 Å². The second-order valence-corrected chi connectivity index (χ2v) is 4.64. The Labute approximate surface area is 118 Å². The van der Waals surface area contributed by atoms with E-state index in [0.717, 1.165) is 17.7 Å². The predicted octanol–water partition coefficient (Wildman–Crippen LogP) is 2.47. The van der Waals surface area contributed by atoms with E-state index in [0.29, 0.717) is 18.7 Å². The number of benzene rings is 1. The van der Waals surface area contributed by atoms with Crippen LogP contribution in [0, 0.1) is 0 Å². The lowest BCUT2D eigenvalue weighted by atomic mass is 10.2. The van der Waals surface area contributed by atoms with Gasteiger partial charge in [-0.1, -0.05) is 13.0 Å². The van der Waals surface area contributed by atoms with Crippen LogP contribution in [-0.4, -0.2) is 34.7 Å². The van der Waals surface area contributed by atoms with E-state index < -0.39 is 0 Å². The zero-order valence-corrected chi connectivity index (χ0v) is 11.8. The smallest absolute Gasteiger partial charge is 0.254 e. The summed E-state index contributed by atoms with van der Waals surface area (Å²) in [5, 5.41) is 6.61. The first-order valence-corrected chi connectivity index (χ1v) is 6.66. The summed E-state index contributed by atoms with van der Waals surface area (Å²) < 4.78 is 5.55. The second-order valence-electron chi connectivity index (χ2n) is 4.64. The quantitative estimate of drug-likeness (QED) is 0.879. The van der Waals surface area contributed by atoms with E-state index in [4.69, 9.17) is 4.74 Å². The molecule has 0 aliphatic carbocycles. The fourth-order valence-electron chi connectivity index (χ4n) is 1.87. The Morgan fingerprint density at radius 1 is 1.45 bits per heavy atom. The van der Waals surface area contributed by atoms with Gasteiger partial charge in [-0.2, -0.15) is 5.10 Å². The molecule has 0 aliphatic rings. The molecule has 1 aromatic carbocycles. The molecule has 0 spiro atoms. The molecule has 106 valence electrons. The highest BCUT2D eigenvalue weighted by atomic mass is 16.5. The van der Waals surface area contributed by atoms with Crippen molar-refractivity contribution >= 4 is 5.91 Å². The summed E-state index contributed by atoms with van der Waals surface area (Å²) in [7, 11) is 1.77. The third kappa shape index (κ3) is 3.60. The van der Waals surface area contributed by atoms with Crippen molar-refractivity contribution in [1.29, 1.82) is 0 Å². The molecule has 0 aliphatic heterocycles. The zero-order valence-electron chi connectivity index (χ0n) is 11.8. The molecular formula is C15H19N3O2. The van der Waals surface area contributed by atoms with Crippen molar-refractivity contribution in [1.82, 2.24) is 15.1 Å². The van der Waals surface area contributed by atoms with Crippen molar-refractivity contribution < 1.29 is 9.53 Å².